The summed E-state index contributed by atoms with van der Waals surface area (Å²) in [6.45, 7) is 2.50. The number of carbonyl (C=O) groups is 1. The van der Waals surface area contributed by atoms with E-state index in [1.54, 1.807) is 24.1 Å². The summed E-state index contributed by atoms with van der Waals surface area (Å²) in [5, 5.41) is 3.27. The molecule has 1 aliphatic heterocycles. The third-order valence-electron chi connectivity index (χ3n) is 3.94. The number of ether oxygens (including phenoxy) is 1. The minimum Gasteiger partial charge on any atom is -0.492 e. The Bertz CT molecular complexity index is 707. The van der Waals surface area contributed by atoms with Gasteiger partial charge in [0.05, 0.1) is 6.54 Å². The fraction of sp³-hybridized carbons (Fsp3) is 0.278. The molecule has 4 nitrogen and oxygen atoms in total. The van der Waals surface area contributed by atoms with E-state index in [2.05, 4.69) is 5.32 Å². The van der Waals surface area contributed by atoms with Crippen LogP contribution >= 0.6 is 12.4 Å². The molecule has 1 aliphatic rings. The Labute approximate surface area is 147 Å². The van der Waals surface area contributed by atoms with Crippen LogP contribution < -0.4 is 10.1 Å². The quantitative estimate of drug-likeness (QED) is 0.901. The van der Waals surface area contributed by atoms with Crippen LogP contribution in [0.2, 0.25) is 0 Å². The Morgan fingerprint density at radius 2 is 1.88 bits per heavy atom. The summed E-state index contributed by atoms with van der Waals surface area (Å²) in [6, 6.07) is 11.7. The molecule has 2 aromatic carbocycles. The molecule has 1 N–H and O–H groups in total. The standard InChI is InChI=1S/C18H19FN2O2.ClH/c1-21(8-9-23-17-6-4-16(19)5-7-17)18(22)13-2-3-14-11-20-12-15(14)10-13;/h2-7,10,20H,8-9,11-12H2,1H3;1H. The first-order valence-corrected chi connectivity index (χ1v) is 7.60. The number of likely N-dealkylation sites (N-methyl/N-ethyl adjacent to an activating group) is 1. The minimum absolute atomic E-state index is 0. The average Bonchev–Trinajstić information content (AvgIpc) is 3.03. The van der Waals surface area contributed by atoms with Crippen LogP contribution in [-0.2, 0) is 13.1 Å². The lowest BCUT2D eigenvalue weighted by Crippen LogP contribution is -2.31. The van der Waals surface area contributed by atoms with Crippen LogP contribution in [-0.4, -0.2) is 31.0 Å². The van der Waals surface area contributed by atoms with Gasteiger partial charge in [0.2, 0.25) is 0 Å². The molecule has 2 aromatic rings. The lowest BCUT2D eigenvalue weighted by Gasteiger charge is -2.18. The van der Waals surface area contributed by atoms with E-state index >= 15 is 0 Å². The molecule has 6 heteroatoms. The predicted octanol–water partition coefficient (Wildman–Crippen LogP) is 3.00. The van der Waals surface area contributed by atoms with Gasteiger partial charge in [-0.2, -0.15) is 0 Å². The van der Waals surface area contributed by atoms with Gasteiger partial charge in [0.15, 0.2) is 0 Å². The molecule has 0 saturated heterocycles. The number of benzene rings is 2. The van der Waals surface area contributed by atoms with E-state index in [-0.39, 0.29) is 24.1 Å². The molecule has 0 unspecified atom stereocenters. The summed E-state index contributed by atoms with van der Waals surface area (Å²) in [4.78, 5) is 14.1. The average molecular weight is 351 g/mol. The van der Waals surface area contributed by atoms with Crippen LogP contribution in [0.3, 0.4) is 0 Å². The Balaban J connectivity index is 0.00000208. The van der Waals surface area contributed by atoms with Gasteiger partial charge in [0.1, 0.15) is 18.2 Å². The van der Waals surface area contributed by atoms with Crippen molar-refractivity contribution in [2.24, 2.45) is 0 Å². The maximum Gasteiger partial charge on any atom is 0.253 e. The number of amides is 1. The smallest absolute Gasteiger partial charge is 0.253 e. The van der Waals surface area contributed by atoms with E-state index < -0.39 is 0 Å². The molecule has 0 bridgehead atoms. The second-order valence-electron chi connectivity index (χ2n) is 5.62. The van der Waals surface area contributed by atoms with Crippen molar-refractivity contribution in [2.45, 2.75) is 13.1 Å². The minimum atomic E-state index is -0.296. The highest BCUT2D eigenvalue weighted by molar-refractivity contribution is 5.94. The van der Waals surface area contributed by atoms with Gasteiger partial charge in [-0.15, -0.1) is 12.4 Å². The lowest BCUT2D eigenvalue weighted by molar-refractivity contribution is 0.0773. The van der Waals surface area contributed by atoms with Crippen molar-refractivity contribution in [1.82, 2.24) is 10.2 Å². The van der Waals surface area contributed by atoms with Crippen LogP contribution in [0.25, 0.3) is 0 Å². The number of rotatable bonds is 5. The van der Waals surface area contributed by atoms with Crippen molar-refractivity contribution < 1.29 is 13.9 Å². The van der Waals surface area contributed by atoms with E-state index in [0.717, 1.165) is 13.1 Å². The zero-order valence-corrected chi connectivity index (χ0v) is 14.2. The molecule has 0 aromatic heterocycles. The highest BCUT2D eigenvalue weighted by Gasteiger charge is 2.16. The number of nitrogens with zero attached hydrogens (tertiary/aromatic N) is 1. The molecule has 128 valence electrons. The molecular formula is C18H20ClFN2O2. The third kappa shape index (κ3) is 4.24. The molecule has 0 spiro atoms. The van der Waals surface area contributed by atoms with Crippen molar-refractivity contribution in [3.05, 3.63) is 65.0 Å². The maximum atomic E-state index is 12.8. The Morgan fingerprint density at radius 3 is 2.62 bits per heavy atom. The molecule has 0 fully saturated rings. The first-order chi connectivity index (χ1) is 11.1. The van der Waals surface area contributed by atoms with E-state index in [4.69, 9.17) is 4.74 Å². The maximum absolute atomic E-state index is 12.8. The number of hydrogen-bond donors (Lipinski definition) is 1. The molecule has 1 heterocycles. The second kappa shape index (κ2) is 8.13. The van der Waals surface area contributed by atoms with Crippen molar-refractivity contribution in [3.8, 4) is 5.75 Å². The van der Waals surface area contributed by atoms with Crippen molar-refractivity contribution in [3.63, 3.8) is 0 Å². The molecule has 0 saturated carbocycles. The van der Waals surface area contributed by atoms with Crippen molar-refractivity contribution in [1.29, 1.82) is 0 Å². The molecule has 0 aliphatic carbocycles. The van der Waals surface area contributed by atoms with Crippen LogP contribution in [0.15, 0.2) is 42.5 Å². The zero-order valence-electron chi connectivity index (χ0n) is 13.4. The molecule has 1 amide bonds. The van der Waals surface area contributed by atoms with Crippen LogP contribution in [0.1, 0.15) is 21.5 Å². The zero-order chi connectivity index (χ0) is 16.2. The van der Waals surface area contributed by atoms with Gasteiger partial charge in [-0.1, -0.05) is 6.07 Å². The van der Waals surface area contributed by atoms with E-state index in [9.17, 15) is 9.18 Å². The van der Waals surface area contributed by atoms with Crippen LogP contribution in [0.5, 0.6) is 5.75 Å². The predicted molar refractivity (Wildman–Crippen MR) is 93.1 cm³/mol. The summed E-state index contributed by atoms with van der Waals surface area (Å²) in [6.07, 6.45) is 0. The normalized spacial score (nSPS) is 12.2. The van der Waals surface area contributed by atoms with Gasteiger partial charge in [-0.25, -0.2) is 4.39 Å². The summed E-state index contributed by atoms with van der Waals surface area (Å²) in [7, 11) is 1.75. The van der Waals surface area contributed by atoms with Gasteiger partial charge in [0, 0.05) is 25.7 Å². The topological polar surface area (TPSA) is 41.6 Å². The van der Waals surface area contributed by atoms with E-state index in [1.165, 1.54) is 23.3 Å². The van der Waals surface area contributed by atoms with E-state index in [0.29, 0.717) is 24.5 Å². The fourth-order valence-electron chi connectivity index (χ4n) is 2.58. The first-order valence-electron chi connectivity index (χ1n) is 7.60. The van der Waals surface area contributed by atoms with Crippen LogP contribution in [0.4, 0.5) is 4.39 Å². The van der Waals surface area contributed by atoms with Crippen molar-refractivity contribution in [2.75, 3.05) is 20.2 Å². The second-order valence-corrected chi connectivity index (χ2v) is 5.62. The molecule has 0 atom stereocenters. The fourth-order valence-corrected chi connectivity index (χ4v) is 2.58. The summed E-state index contributed by atoms with van der Waals surface area (Å²) < 4.78 is 18.3. The van der Waals surface area contributed by atoms with Gasteiger partial charge in [0.25, 0.3) is 5.91 Å². The highest BCUT2D eigenvalue weighted by Crippen LogP contribution is 2.18. The molecule has 24 heavy (non-hydrogen) atoms. The van der Waals surface area contributed by atoms with Crippen LogP contribution in [0, 0.1) is 5.82 Å². The molecular weight excluding hydrogens is 331 g/mol. The summed E-state index contributed by atoms with van der Waals surface area (Å²) >= 11 is 0. The molecule has 0 radical (unpaired) electrons. The first kappa shape index (κ1) is 18.2. The van der Waals surface area contributed by atoms with Gasteiger partial charge >= 0.3 is 0 Å². The lowest BCUT2D eigenvalue weighted by atomic mass is 10.1. The number of carbonyl (C=O) groups excluding carboxylic acids is 1. The molecule has 3 rings (SSSR count). The third-order valence-corrected chi connectivity index (χ3v) is 3.94. The Kier molecular flexibility index (Phi) is 6.17. The number of nitrogens with one attached hydrogen (secondary N) is 1. The van der Waals surface area contributed by atoms with Crippen molar-refractivity contribution >= 4 is 18.3 Å². The number of halogens is 2. The summed E-state index contributed by atoms with van der Waals surface area (Å²) in [5.41, 5.74) is 3.13. The Morgan fingerprint density at radius 1 is 1.17 bits per heavy atom. The number of fused-ring (bicyclic) bond motifs is 1. The van der Waals surface area contributed by atoms with E-state index in [1.807, 2.05) is 18.2 Å². The highest BCUT2D eigenvalue weighted by atomic mass is 35.5. The largest absolute Gasteiger partial charge is 0.492 e. The Hall–Kier alpha value is -2.11. The van der Waals surface area contributed by atoms with Gasteiger partial charge in [-0.3, -0.25) is 4.79 Å². The number of hydrogen-bond acceptors (Lipinski definition) is 3. The monoisotopic (exact) mass is 350 g/mol. The van der Waals surface area contributed by atoms with Gasteiger partial charge < -0.3 is 15.0 Å². The van der Waals surface area contributed by atoms with Gasteiger partial charge in [-0.05, 0) is 47.5 Å². The summed E-state index contributed by atoms with van der Waals surface area (Å²) in [5.74, 6) is 0.272. The SMILES string of the molecule is CN(CCOc1ccc(F)cc1)C(=O)c1ccc2c(c1)CNC2.Cl.